The average Bonchev–Trinajstić information content (AvgIpc) is 2.23. The normalized spacial score (nSPS) is 13.0. The maximum atomic E-state index is 11.9. The van der Waals surface area contributed by atoms with Crippen molar-refractivity contribution in [1.29, 1.82) is 0 Å². The smallest absolute Gasteiger partial charge is 0.261 e. The molecule has 4 heteroatoms. The quantitative estimate of drug-likeness (QED) is 0.753. The van der Waals surface area contributed by atoms with E-state index < -0.39 is 6.10 Å². The van der Waals surface area contributed by atoms with Crippen molar-refractivity contribution in [3.63, 3.8) is 0 Å². The van der Waals surface area contributed by atoms with Crippen LogP contribution in [0.5, 0.6) is 0 Å². The predicted molar refractivity (Wildman–Crippen MR) is 57.6 cm³/mol. The van der Waals surface area contributed by atoms with Crippen molar-refractivity contribution in [3.8, 4) is 0 Å². The van der Waals surface area contributed by atoms with Gasteiger partial charge in [-0.05, 0) is 19.1 Å². The van der Waals surface area contributed by atoms with Crippen LogP contribution in [-0.2, 0) is 7.05 Å². The number of aliphatic hydroxyl groups excluding tert-OH is 1. The van der Waals surface area contributed by atoms with Crippen LogP contribution in [-0.4, -0.2) is 14.7 Å². The molecule has 1 aromatic heterocycles. The van der Waals surface area contributed by atoms with Crippen LogP contribution >= 0.6 is 0 Å². The van der Waals surface area contributed by atoms with Gasteiger partial charge in [0.1, 0.15) is 11.9 Å². The van der Waals surface area contributed by atoms with Gasteiger partial charge in [0.15, 0.2) is 0 Å². The van der Waals surface area contributed by atoms with Crippen LogP contribution in [0.2, 0.25) is 0 Å². The molecule has 0 aliphatic heterocycles. The molecule has 0 amide bonds. The van der Waals surface area contributed by atoms with Crippen molar-refractivity contribution in [2.24, 2.45) is 7.05 Å². The Bertz CT molecular complexity index is 558. The number of hydrogen-bond donors (Lipinski definition) is 1. The molecule has 2 aromatic rings. The maximum Gasteiger partial charge on any atom is 0.261 e. The molecule has 0 aliphatic carbocycles. The summed E-state index contributed by atoms with van der Waals surface area (Å²) in [7, 11) is 1.61. The summed E-state index contributed by atoms with van der Waals surface area (Å²) < 4.78 is 1.38. The van der Waals surface area contributed by atoms with Gasteiger partial charge in [-0.3, -0.25) is 9.36 Å². The summed E-state index contributed by atoms with van der Waals surface area (Å²) in [4.78, 5) is 16.1. The van der Waals surface area contributed by atoms with Crippen molar-refractivity contribution in [1.82, 2.24) is 9.55 Å². The van der Waals surface area contributed by atoms with Gasteiger partial charge in [-0.15, -0.1) is 0 Å². The van der Waals surface area contributed by atoms with Crippen molar-refractivity contribution in [3.05, 3.63) is 40.4 Å². The highest BCUT2D eigenvalue weighted by Crippen LogP contribution is 2.11. The number of benzene rings is 1. The molecule has 0 saturated heterocycles. The van der Waals surface area contributed by atoms with E-state index in [1.54, 1.807) is 32.2 Å². The van der Waals surface area contributed by atoms with Gasteiger partial charge in [0, 0.05) is 7.05 Å². The number of rotatable bonds is 1. The highest BCUT2D eigenvalue weighted by molar-refractivity contribution is 5.77. The Balaban J connectivity index is 2.89. The molecule has 4 nitrogen and oxygen atoms in total. The Morgan fingerprint density at radius 1 is 1.40 bits per heavy atom. The molecular formula is C11H12N2O2. The van der Waals surface area contributed by atoms with Crippen LogP contribution in [0.3, 0.4) is 0 Å². The lowest BCUT2D eigenvalue weighted by molar-refractivity contribution is 0.184. The fourth-order valence-corrected chi connectivity index (χ4v) is 1.61. The second kappa shape index (κ2) is 3.47. The molecule has 1 unspecified atom stereocenters. The molecule has 0 spiro atoms. The third-order valence-corrected chi connectivity index (χ3v) is 2.39. The first-order valence-corrected chi connectivity index (χ1v) is 4.75. The number of fused-ring (bicyclic) bond motifs is 1. The van der Waals surface area contributed by atoms with E-state index in [-0.39, 0.29) is 5.56 Å². The highest BCUT2D eigenvalue weighted by Gasteiger charge is 2.10. The first kappa shape index (κ1) is 9.86. The Kier molecular flexibility index (Phi) is 2.28. The fourth-order valence-electron chi connectivity index (χ4n) is 1.61. The minimum atomic E-state index is -0.743. The third-order valence-electron chi connectivity index (χ3n) is 2.39. The number of aromatic nitrogens is 2. The van der Waals surface area contributed by atoms with Gasteiger partial charge in [0.25, 0.3) is 5.56 Å². The van der Waals surface area contributed by atoms with Crippen molar-refractivity contribution in [2.75, 3.05) is 0 Å². The Hall–Kier alpha value is -1.68. The lowest BCUT2D eigenvalue weighted by Gasteiger charge is -2.10. The van der Waals surface area contributed by atoms with Gasteiger partial charge in [-0.25, -0.2) is 4.98 Å². The summed E-state index contributed by atoms with van der Waals surface area (Å²) >= 11 is 0. The van der Waals surface area contributed by atoms with E-state index in [4.69, 9.17) is 0 Å². The molecule has 0 aliphatic rings. The number of hydrogen-bond acceptors (Lipinski definition) is 3. The summed E-state index contributed by atoms with van der Waals surface area (Å²) in [6.45, 7) is 1.59. The minimum absolute atomic E-state index is 0.128. The van der Waals surface area contributed by atoms with E-state index in [2.05, 4.69) is 4.98 Å². The second-order valence-electron chi connectivity index (χ2n) is 3.53. The summed E-state index contributed by atoms with van der Waals surface area (Å²) in [5, 5.41) is 10.0. The molecule has 1 heterocycles. The molecule has 0 radical (unpaired) electrons. The topological polar surface area (TPSA) is 55.1 Å². The van der Waals surface area contributed by atoms with Gasteiger partial charge in [-0.1, -0.05) is 12.1 Å². The van der Waals surface area contributed by atoms with E-state index in [1.807, 2.05) is 6.07 Å². The minimum Gasteiger partial charge on any atom is -0.385 e. The zero-order chi connectivity index (χ0) is 11.0. The van der Waals surface area contributed by atoms with Crippen molar-refractivity contribution in [2.45, 2.75) is 13.0 Å². The highest BCUT2D eigenvalue weighted by atomic mass is 16.3. The van der Waals surface area contributed by atoms with E-state index in [0.717, 1.165) is 0 Å². The van der Waals surface area contributed by atoms with Gasteiger partial charge < -0.3 is 5.11 Å². The standard InChI is InChI=1S/C11H12N2O2/c1-7(14)10-12-9-6-4-3-5-8(9)11(15)13(10)2/h3-7,14H,1-2H3. The lowest BCUT2D eigenvalue weighted by Crippen LogP contribution is -2.23. The molecule has 2 rings (SSSR count). The Labute approximate surface area is 86.8 Å². The number of nitrogens with zero attached hydrogens (tertiary/aromatic N) is 2. The molecule has 0 bridgehead atoms. The zero-order valence-corrected chi connectivity index (χ0v) is 8.64. The molecule has 0 saturated carbocycles. The SMILES string of the molecule is CC(O)c1nc2ccccc2c(=O)n1C. The molecule has 78 valence electrons. The van der Waals surface area contributed by atoms with E-state index in [0.29, 0.717) is 16.7 Å². The molecule has 1 atom stereocenters. The third kappa shape index (κ3) is 1.53. The molecule has 0 fully saturated rings. The largest absolute Gasteiger partial charge is 0.385 e. The van der Waals surface area contributed by atoms with E-state index >= 15 is 0 Å². The maximum absolute atomic E-state index is 11.9. The van der Waals surface area contributed by atoms with E-state index in [9.17, 15) is 9.90 Å². The van der Waals surface area contributed by atoms with Crippen LogP contribution in [0.15, 0.2) is 29.1 Å². The van der Waals surface area contributed by atoms with Gasteiger partial charge >= 0.3 is 0 Å². The van der Waals surface area contributed by atoms with Crippen LogP contribution in [0.1, 0.15) is 18.9 Å². The number of aliphatic hydroxyl groups is 1. The molecule has 15 heavy (non-hydrogen) atoms. The van der Waals surface area contributed by atoms with Gasteiger partial charge in [0.05, 0.1) is 10.9 Å². The predicted octanol–water partition coefficient (Wildman–Crippen LogP) is 0.987. The lowest BCUT2D eigenvalue weighted by atomic mass is 10.2. The molecule has 1 aromatic carbocycles. The number of para-hydroxylation sites is 1. The molecule has 1 N–H and O–H groups in total. The van der Waals surface area contributed by atoms with Crippen molar-refractivity contribution < 1.29 is 5.11 Å². The summed E-state index contributed by atoms with van der Waals surface area (Å²) in [6, 6.07) is 7.12. The van der Waals surface area contributed by atoms with Gasteiger partial charge in [-0.2, -0.15) is 0 Å². The first-order chi connectivity index (χ1) is 7.11. The molecular weight excluding hydrogens is 192 g/mol. The zero-order valence-electron chi connectivity index (χ0n) is 8.64. The van der Waals surface area contributed by atoms with Crippen LogP contribution in [0, 0.1) is 0 Å². The van der Waals surface area contributed by atoms with Crippen LogP contribution in [0.25, 0.3) is 10.9 Å². The van der Waals surface area contributed by atoms with Crippen LogP contribution < -0.4 is 5.56 Å². The van der Waals surface area contributed by atoms with E-state index in [1.165, 1.54) is 4.57 Å². The Morgan fingerprint density at radius 2 is 2.07 bits per heavy atom. The fraction of sp³-hybridized carbons (Fsp3) is 0.273. The van der Waals surface area contributed by atoms with Crippen molar-refractivity contribution >= 4 is 10.9 Å². The van der Waals surface area contributed by atoms with Gasteiger partial charge in [0.2, 0.25) is 0 Å². The van der Waals surface area contributed by atoms with Crippen LogP contribution in [0.4, 0.5) is 0 Å². The average molecular weight is 204 g/mol. The summed E-state index contributed by atoms with van der Waals surface area (Å²) in [5.74, 6) is 0.388. The monoisotopic (exact) mass is 204 g/mol. The summed E-state index contributed by atoms with van der Waals surface area (Å²) in [5.41, 5.74) is 0.494. The Morgan fingerprint density at radius 3 is 2.73 bits per heavy atom. The first-order valence-electron chi connectivity index (χ1n) is 4.75. The second-order valence-corrected chi connectivity index (χ2v) is 3.53. The summed E-state index contributed by atoms with van der Waals surface area (Å²) in [6.07, 6.45) is -0.743.